The predicted octanol–water partition coefficient (Wildman–Crippen LogP) is 2.23. The van der Waals surface area contributed by atoms with Crippen LogP contribution in [0.3, 0.4) is 0 Å². The van der Waals surface area contributed by atoms with Gasteiger partial charge in [-0.05, 0) is 32.0 Å². The van der Waals surface area contributed by atoms with Gasteiger partial charge in [-0.1, -0.05) is 6.92 Å². The smallest absolute Gasteiger partial charge is 0.316 e. The molecule has 2 amide bonds. The minimum absolute atomic E-state index is 0.0476. The highest BCUT2D eigenvalue weighted by Gasteiger charge is 2.24. The summed E-state index contributed by atoms with van der Waals surface area (Å²) in [5, 5.41) is 5.01. The van der Waals surface area contributed by atoms with E-state index in [1.54, 1.807) is 0 Å². The highest BCUT2D eigenvalue weighted by molar-refractivity contribution is 6.05. The fourth-order valence-electron chi connectivity index (χ4n) is 3.40. The number of hydrogen-bond acceptors (Lipinski definition) is 6. The molecule has 30 heavy (non-hydrogen) atoms. The zero-order valence-corrected chi connectivity index (χ0v) is 16.7. The third-order valence-electron chi connectivity index (χ3n) is 5.03. The summed E-state index contributed by atoms with van der Waals surface area (Å²) in [6, 6.07) is 1.82. The van der Waals surface area contributed by atoms with Gasteiger partial charge in [-0.15, -0.1) is 0 Å². The fourth-order valence-corrected chi connectivity index (χ4v) is 3.40. The number of nitrogens with one attached hydrogen (secondary N) is 2. The third-order valence-corrected chi connectivity index (χ3v) is 5.03. The zero-order valence-electron chi connectivity index (χ0n) is 16.7. The molecule has 1 aromatic heterocycles. The summed E-state index contributed by atoms with van der Waals surface area (Å²) >= 11 is 0. The molecule has 160 valence electrons. The standard InChI is InChI=1S/C20H23F2N5O3/c1-3-27-6-4-5-13(27)11-23-19(29)14-7-17(16(22)8-15(14)21)26-18(28)12-9-24-20(30-2)25-10-12/h7-10,13H,3-6,11H2,1-2H3,(H,23,29)(H,26,28)/t13-/m0/s1. The molecule has 10 heteroatoms. The average molecular weight is 419 g/mol. The second-order valence-electron chi connectivity index (χ2n) is 6.86. The number of rotatable bonds is 7. The van der Waals surface area contributed by atoms with Crippen LogP contribution >= 0.6 is 0 Å². The number of halogens is 2. The largest absolute Gasteiger partial charge is 0.467 e. The van der Waals surface area contributed by atoms with Crippen molar-refractivity contribution in [1.82, 2.24) is 20.2 Å². The summed E-state index contributed by atoms with van der Waals surface area (Å²) in [4.78, 5) is 34.6. The number of carbonyl (C=O) groups excluding carboxylic acids is 2. The molecule has 1 atom stereocenters. The van der Waals surface area contributed by atoms with Gasteiger partial charge in [0.05, 0.1) is 23.9 Å². The Labute approximate surface area is 172 Å². The lowest BCUT2D eigenvalue weighted by molar-refractivity contribution is 0.0936. The van der Waals surface area contributed by atoms with E-state index < -0.39 is 23.4 Å². The van der Waals surface area contributed by atoms with Crippen LogP contribution in [0.15, 0.2) is 24.5 Å². The molecule has 1 aliphatic rings. The minimum atomic E-state index is -1.01. The summed E-state index contributed by atoms with van der Waals surface area (Å²) in [6.45, 7) is 4.25. The lowest BCUT2D eigenvalue weighted by Gasteiger charge is -2.23. The predicted molar refractivity (Wildman–Crippen MR) is 105 cm³/mol. The van der Waals surface area contributed by atoms with Crippen LogP contribution in [0.25, 0.3) is 0 Å². The number of nitrogens with zero attached hydrogens (tertiary/aromatic N) is 3. The first-order chi connectivity index (χ1) is 14.4. The van der Waals surface area contributed by atoms with Gasteiger partial charge < -0.3 is 15.4 Å². The van der Waals surface area contributed by atoms with Gasteiger partial charge in [-0.3, -0.25) is 14.5 Å². The maximum atomic E-state index is 14.2. The molecule has 0 unspecified atom stereocenters. The summed E-state index contributed by atoms with van der Waals surface area (Å²) < 4.78 is 33.2. The molecular formula is C20H23F2N5O3. The SMILES string of the molecule is CCN1CCC[C@H]1CNC(=O)c1cc(NC(=O)c2cnc(OC)nc2)c(F)cc1F. The molecule has 0 aliphatic carbocycles. The van der Waals surface area contributed by atoms with Gasteiger partial charge in [0.25, 0.3) is 11.8 Å². The van der Waals surface area contributed by atoms with Crippen LogP contribution < -0.4 is 15.4 Å². The molecule has 2 N–H and O–H groups in total. The number of amides is 2. The van der Waals surface area contributed by atoms with E-state index >= 15 is 0 Å². The molecule has 1 aromatic carbocycles. The lowest BCUT2D eigenvalue weighted by atomic mass is 10.1. The van der Waals surface area contributed by atoms with Crippen molar-refractivity contribution in [2.24, 2.45) is 0 Å². The van der Waals surface area contributed by atoms with Crippen LogP contribution in [-0.2, 0) is 0 Å². The Morgan fingerprint density at radius 3 is 2.60 bits per heavy atom. The van der Waals surface area contributed by atoms with Gasteiger partial charge in [0.1, 0.15) is 11.6 Å². The van der Waals surface area contributed by atoms with E-state index in [0.29, 0.717) is 12.6 Å². The first-order valence-corrected chi connectivity index (χ1v) is 9.61. The normalized spacial score (nSPS) is 16.3. The molecule has 2 aromatic rings. The van der Waals surface area contributed by atoms with Gasteiger partial charge >= 0.3 is 6.01 Å². The monoisotopic (exact) mass is 419 g/mol. The number of hydrogen-bond donors (Lipinski definition) is 2. The lowest BCUT2D eigenvalue weighted by Crippen LogP contribution is -2.40. The number of ether oxygens (including phenoxy) is 1. The summed E-state index contributed by atoms with van der Waals surface area (Å²) in [5.74, 6) is -3.38. The van der Waals surface area contributed by atoms with Crippen molar-refractivity contribution < 1.29 is 23.1 Å². The molecule has 0 saturated carbocycles. The molecule has 1 aliphatic heterocycles. The van der Waals surface area contributed by atoms with Crippen molar-refractivity contribution in [2.75, 3.05) is 32.1 Å². The van der Waals surface area contributed by atoms with Crippen molar-refractivity contribution in [2.45, 2.75) is 25.8 Å². The Morgan fingerprint density at radius 2 is 1.93 bits per heavy atom. The average Bonchev–Trinajstić information content (AvgIpc) is 3.21. The summed E-state index contributed by atoms with van der Waals surface area (Å²) in [6.07, 6.45) is 4.41. The molecular weight excluding hydrogens is 396 g/mol. The van der Waals surface area contributed by atoms with Crippen LogP contribution in [0.4, 0.5) is 14.5 Å². The molecule has 0 radical (unpaired) electrons. The topological polar surface area (TPSA) is 96.5 Å². The van der Waals surface area contributed by atoms with Crippen molar-refractivity contribution >= 4 is 17.5 Å². The molecule has 2 heterocycles. The van der Waals surface area contributed by atoms with Crippen molar-refractivity contribution in [3.63, 3.8) is 0 Å². The van der Waals surface area contributed by atoms with E-state index in [0.717, 1.165) is 32.0 Å². The Kier molecular flexibility index (Phi) is 6.88. The van der Waals surface area contributed by atoms with Crippen LogP contribution in [0.2, 0.25) is 0 Å². The number of likely N-dealkylation sites (N-methyl/N-ethyl adjacent to an activating group) is 1. The van der Waals surface area contributed by atoms with Crippen LogP contribution in [0.5, 0.6) is 6.01 Å². The molecule has 0 bridgehead atoms. The second kappa shape index (κ2) is 9.57. The Hall–Kier alpha value is -3.14. The number of methoxy groups -OCH3 is 1. The zero-order chi connectivity index (χ0) is 21.7. The number of aromatic nitrogens is 2. The Bertz CT molecular complexity index is 923. The van der Waals surface area contributed by atoms with Gasteiger partial charge in [-0.2, -0.15) is 0 Å². The molecule has 8 nitrogen and oxygen atoms in total. The van der Waals surface area contributed by atoms with E-state index in [1.165, 1.54) is 19.5 Å². The van der Waals surface area contributed by atoms with Gasteiger partial charge in [0.2, 0.25) is 0 Å². The van der Waals surface area contributed by atoms with E-state index in [2.05, 4.69) is 25.5 Å². The summed E-state index contributed by atoms with van der Waals surface area (Å²) in [7, 11) is 1.38. The molecule has 1 saturated heterocycles. The number of likely N-dealkylation sites (tertiary alicyclic amines) is 1. The van der Waals surface area contributed by atoms with Crippen LogP contribution in [0, 0.1) is 11.6 Å². The van der Waals surface area contributed by atoms with E-state index in [1.807, 2.05) is 6.92 Å². The van der Waals surface area contributed by atoms with E-state index in [9.17, 15) is 18.4 Å². The third kappa shape index (κ3) is 4.88. The van der Waals surface area contributed by atoms with Gasteiger partial charge in [0.15, 0.2) is 0 Å². The number of benzene rings is 1. The van der Waals surface area contributed by atoms with Crippen molar-refractivity contribution in [1.29, 1.82) is 0 Å². The maximum Gasteiger partial charge on any atom is 0.316 e. The van der Waals surface area contributed by atoms with Crippen LogP contribution in [-0.4, -0.2) is 59.5 Å². The van der Waals surface area contributed by atoms with Crippen molar-refractivity contribution in [3.8, 4) is 6.01 Å². The quantitative estimate of drug-likeness (QED) is 0.715. The molecule has 1 fully saturated rings. The first-order valence-electron chi connectivity index (χ1n) is 9.61. The van der Waals surface area contributed by atoms with Gasteiger partial charge in [0, 0.05) is 31.0 Å². The Balaban J connectivity index is 1.71. The minimum Gasteiger partial charge on any atom is -0.467 e. The molecule has 0 spiro atoms. The van der Waals surface area contributed by atoms with Gasteiger partial charge in [-0.25, -0.2) is 18.7 Å². The Morgan fingerprint density at radius 1 is 1.20 bits per heavy atom. The maximum absolute atomic E-state index is 14.2. The van der Waals surface area contributed by atoms with Crippen molar-refractivity contribution in [3.05, 3.63) is 47.3 Å². The number of anilines is 1. The van der Waals surface area contributed by atoms with E-state index in [4.69, 9.17) is 4.74 Å². The second-order valence-corrected chi connectivity index (χ2v) is 6.86. The number of carbonyl (C=O) groups is 2. The highest BCUT2D eigenvalue weighted by Crippen LogP contribution is 2.21. The highest BCUT2D eigenvalue weighted by atomic mass is 19.1. The van der Waals surface area contributed by atoms with E-state index in [-0.39, 0.29) is 28.9 Å². The fraction of sp³-hybridized carbons (Fsp3) is 0.400. The summed E-state index contributed by atoms with van der Waals surface area (Å²) in [5.41, 5.74) is -0.622. The first kappa shape index (κ1) is 21.6. The van der Waals surface area contributed by atoms with Crippen LogP contribution in [0.1, 0.15) is 40.5 Å². The molecule has 3 rings (SSSR count).